The summed E-state index contributed by atoms with van der Waals surface area (Å²) in [7, 11) is -5.68. The average Bonchev–Trinajstić information content (AvgIpc) is 2.38. The van der Waals surface area contributed by atoms with Gasteiger partial charge in [0.2, 0.25) is 0 Å². The highest BCUT2D eigenvalue weighted by Gasteiger charge is 2.39. The summed E-state index contributed by atoms with van der Waals surface area (Å²) in [5.41, 5.74) is -1.42. The summed E-state index contributed by atoms with van der Waals surface area (Å²) in [6, 6.07) is 2.67. The Kier molecular flexibility index (Phi) is 6.09. The van der Waals surface area contributed by atoms with Crippen molar-refractivity contribution in [3.05, 3.63) is 23.8 Å². The molecule has 6 nitrogen and oxygen atoms in total. The van der Waals surface area contributed by atoms with Crippen LogP contribution in [0.1, 0.15) is 12.5 Å². The molecule has 0 amide bonds. The summed E-state index contributed by atoms with van der Waals surface area (Å²) in [5.74, 6) is -0.494. The summed E-state index contributed by atoms with van der Waals surface area (Å²) < 4.78 is 85.8. The van der Waals surface area contributed by atoms with Gasteiger partial charge in [-0.2, -0.15) is 21.6 Å². The van der Waals surface area contributed by atoms with E-state index < -0.39 is 48.0 Å². The Hall–Kier alpha value is -1.22. The van der Waals surface area contributed by atoms with E-state index in [0.717, 1.165) is 12.1 Å². The van der Waals surface area contributed by atoms with Crippen molar-refractivity contribution in [2.75, 3.05) is 13.4 Å². The summed E-state index contributed by atoms with van der Waals surface area (Å²) in [6.45, 7) is 0.446. The fourth-order valence-corrected chi connectivity index (χ4v) is 2.72. The van der Waals surface area contributed by atoms with Crippen molar-refractivity contribution in [3.63, 3.8) is 0 Å². The number of benzene rings is 1. The van der Waals surface area contributed by atoms with Gasteiger partial charge in [0.1, 0.15) is 10.6 Å². The molecule has 1 aromatic rings. The van der Waals surface area contributed by atoms with Crippen LogP contribution in [0.3, 0.4) is 0 Å². The number of ether oxygens (including phenoxy) is 1. The standard InChI is InChI=1S/C10H10F3O6PS/c1-2-17-8-5-3-4-7(10(11,12)13)9(8)21(15,16)19-6-18-20-14/h3-5H,2,6H2,1H3. The van der Waals surface area contributed by atoms with Crippen LogP contribution in [0.5, 0.6) is 5.75 Å². The van der Waals surface area contributed by atoms with Crippen molar-refractivity contribution < 1.29 is 39.6 Å². The Morgan fingerprint density at radius 3 is 2.48 bits per heavy atom. The summed E-state index contributed by atoms with van der Waals surface area (Å²) in [4.78, 5) is -1.15. The zero-order valence-corrected chi connectivity index (χ0v) is 12.3. The van der Waals surface area contributed by atoms with Gasteiger partial charge in [-0.1, -0.05) is 6.07 Å². The second-order valence-corrected chi connectivity index (χ2v) is 5.42. The molecule has 0 aromatic heterocycles. The van der Waals surface area contributed by atoms with E-state index in [1.165, 1.54) is 6.92 Å². The Bertz CT molecular complexity index is 601. The van der Waals surface area contributed by atoms with Crippen molar-refractivity contribution in [1.82, 2.24) is 0 Å². The maximum Gasteiger partial charge on any atom is 0.417 e. The first kappa shape index (κ1) is 17.8. The van der Waals surface area contributed by atoms with Gasteiger partial charge >= 0.3 is 25.0 Å². The second kappa shape index (κ2) is 7.17. The van der Waals surface area contributed by atoms with Gasteiger partial charge in [-0.25, -0.2) is 8.75 Å². The van der Waals surface area contributed by atoms with Crippen molar-refractivity contribution in [1.29, 1.82) is 0 Å². The van der Waals surface area contributed by atoms with Crippen LogP contribution in [0.15, 0.2) is 23.1 Å². The van der Waals surface area contributed by atoms with E-state index in [1.54, 1.807) is 0 Å². The molecule has 0 atom stereocenters. The molecule has 0 radical (unpaired) electrons. The number of hydrogen-bond acceptors (Lipinski definition) is 6. The highest BCUT2D eigenvalue weighted by molar-refractivity contribution is 7.87. The van der Waals surface area contributed by atoms with Gasteiger partial charge in [0.05, 0.1) is 12.2 Å². The predicted octanol–water partition coefficient (Wildman–Crippen LogP) is 2.99. The molecule has 0 heterocycles. The molecule has 11 heteroatoms. The lowest BCUT2D eigenvalue weighted by molar-refractivity contribution is -0.140. The van der Waals surface area contributed by atoms with Crippen LogP contribution in [-0.2, 0) is 29.6 Å². The molecule has 0 spiro atoms. The molecule has 0 saturated carbocycles. The lowest BCUT2D eigenvalue weighted by Gasteiger charge is -2.16. The SMILES string of the molecule is CCOc1cccc(C(F)(F)F)c1S(=O)(=O)OCOP=O. The summed E-state index contributed by atoms with van der Waals surface area (Å²) in [6.07, 6.45) is -4.92. The van der Waals surface area contributed by atoms with Gasteiger partial charge < -0.3 is 4.74 Å². The van der Waals surface area contributed by atoms with Gasteiger partial charge in [-0.15, -0.1) is 0 Å². The van der Waals surface area contributed by atoms with Crippen LogP contribution in [0, 0.1) is 0 Å². The molecule has 0 bridgehead atoms. The van der Waals surface area contributed by atoms with Gasteiger partial charge in [0.25, 0.3) is 0 Å². The monoisotopic (exact) mass is 346 g/mol. The highest BCUT2D eigenvalue weighted by atomic mass is 32.2. The van der Waals surface area contributed by atoms with E-state index in [-0.39, 0.29) is 6.61 Å². The molecule has 118 valence electrons. The molecule has 0 fully saturated rings. The molecule has 0 N–H and O–H groups in total. The fourth-order valence-electron chi connectivity index (χ4n) is 1.43. The third kappa shape index (κ3) is 4.63. The number of rotatable bonds is 7. The first-order valence-corrected chi connectivity index (χ1v) is 7.55. The van der Waals surface area contributed by atoms with E-state index in [0.29, 0.717) is 6.07 Å². The van der Waals surface area contributed by atoms with Crippen LogP contribution in [0.4, 0.5) is 13.2 Å². The number of hydrogen-bond donors (Lipinski definition) is 0. The van der Waals surface area contributed by atoms with Crippen LogP contribution in [-0.4, -0.2) is 21.8 Å². The fraction of sp³-hybridized carbons (Fsp3) is 0.400. The number of alkyl halides is 3. The van der Waals surface area contributed by atoms with E-state index in [4.69, 9.17) is 4.74 Å². The first-order valence-electron chi connectivity index (χ1n) is 5.41. The molecule has 21 heavy (non-hydrogen) atoms. The first-order chi connectivity index (χ1) is 9.74. The molecule has 0 aliphatic heterocycles. The molecule has 1 aromatic carbocycles. The molecule has 1 rings (SSSR count). The Balaban J connectivity index is 3.38. The summed E-state index contributed by atoms with van der Waals surface area (Å²) >= 11 is 0. The van der Waals surface area contributed by atoms with Crippen LogP contribution in [0.2, 0.25) is 0 Å². The topological polar surface area (TPSA) is 78.9 Å². The van der Waals surface area contributed by atoms with Crippen molar-refractivity contribution >= 4 is 18.8 Å². The van der Waals surface area contributed by atoms with Crippen LogP contribution in [0.25, 0.3) is 0 Å². The van der Waals surface area contributed by atoms with Crippen molar-refractivity contribution in [2.45, 2.75) is 18.0 Å². The second-order valence-electron chi connectivity index (χ2n) is 3.46. The third-order valence-corrected chi connectivity index (χ3v) is 3.68. The maximum atomic E-state index is 12.9. The van der Waals surface area contributed by atoms with Crippen molar-refractivity contribution in [3.8, 4) is 5.75 Å². The van der Waals surface area contributed by atoms with E-state index in [1.807, 2.05) is 0 Å². The van der Waals surface area contributed by atoms with E-state index in [9.17, 15) is 26.2 Å². The molecule has 0 unspecified atom stereocenters. The normalized spacial score (nSPS) is 12.6. The number of halogens is 3. The lowest BCUT2D eigenvalue weighted by Crippen LogP contribution is -2.17. The molecular formula is C10H10F3O6PS. The Labute approximate surface area is 120 Å². The maximum absolute atomic E-state index is 12.9. The van der Waals surface area contributed by atoms with Crippen LogP contribution >= 0.6 is 8.69 Å². The Morgan fingerprint density at radius 2 is 1.95 bits per heavy atom. The van der Waals surface area contributed by atoms with Gasteiger partial charge in [-0.05, 0) is 19.1 Å². The minimum Gasteiger partial charge on any atom is -0.492 e. The molecular weight excluding hydrogens is 336 g/mol. The van der Waals surface area contributed by atoms with Crippen LogP contribution < -0.4 is 4.74 Å². The molecule has 0 aliphatic carbocycles. The van der Waals surface area contributed by atoms with E-state index in [2.05, 4.69) is 8.71 Å². The Morgan fingerprint density at radius 1 is 1.29 bits per heavy atom. The summed E-state index contributed by atoms with van der Waals surface area (Å²) in [5, 5.41) is 0. The largest absolute Gasteiger partial charge is 0.492 e. The molecule has 0 aliphatic rings. The molecule has 0 saturated heterocycles. The lowest BCUT2D eigenvalue weighted by atomic mass is 10.2. The smallest absolute Gasteiger partial charge is 0.417 e. The average molecular weight is 346 g/mol. The zero-order valence-electron chi connectivity index (χ0n) is 10.6. The quantitative estimate of drug-likeness (QED) is 0.327. The zero-order chi connectivity index (χ0) is 16.1. The predicted molar refractivity (Wildman–Crippen MR) is 64.4 cm³/mol. The van der Waals surface area contributed by atoms with Gasteiger partial charge in [0.15, 0.2) is 6.79 Å². The highest BCUT2D eigenvalue weighted by Crippen LogP contribution is 2.39. The minimum absolute atomic E-state index is 0.0422. The van der Waals surface area contributed by atoms with Gasteiger partial charge in [-0.3, -0.25) is 4.52 Å². The van der Waals surface area contributed by atoms with Crippen molar-refractivity contribution in [2.24, 2.45) is 0 Å². The minimum atomic E-state index is -4.92. The van der Waals surface area contributed by atoms with E-state index >= 15 is 0 Å². The third-order valence-electron chi connectivity index (χ3n) is 2.14. The van der Waals surface area contributed by atoms with Gasteiger partial charge in [0, 0.05) is 0 Å².